The van der Waals surface area contributed by atoms with Crippen molar-refractivity contribution in [2.75, 3.05) is 7.11 Å². The molecule has 7 N–H and O–H groups in total. The van der Waals surface area contributed by atoms with Gasteiger partial charge < -0.3 is 45.5 Å². The molecule has 210 valence electrons. The molecule has 12 nitrogen and oxygen atoms in total. The van der Waals surface area contributed by atoms with Crippen molar-refractivity contribution in [3.05, 3.63) is 51.6 Å². The highest BCUT2D eigenvalue weighted by molar-refractivity contribution is 6.31. The fourth-order valence-corrected chi connectivity index (χ4v) is 5.55. The molecule has 4 unspecified atom stereocenters. The van der Waals surface area contributed by atoms with E-state index in [1.807, 2.05) is 0 Å². The smallest absolute Gasteiger partial charge is 0.336 e. The number of phenols is 2. The van der Waals surface area contributed by atoms with E-state index in [0.717, 1.165) is 0 Å². The number of halogens is 1. The van der Waals surface area contributed by atoms with E-state index in [1.165, 1.54) is 25.3 Å². The van der Waals surface area contributed by atoms with Gasteiger partial charge in [0.15, 0.2) is 17.7 Å². The zero-order valence-electron chi connectivity index (χ0n) is 20.9. The number of hydrogen-bond donors (Lipinski definition) is 6. The number of rotatable bonds is 4. The molecule has 0 spiro atoms. The number of carboxylic acid groups (broad SMARTS) is 1. The lowest BCUT2D eigenvalue weighted by Crippen LogP contribution is -2.52. The summed E-state index contributed by atoms with van der Waals surface area (Å²) in [6, 6.07) is 3.60. The summed E-state index contributed by atoms with van der Waals surface area (Å²) < 4.78 is 16.9. The minimum Gasteiger partial charge on any atom is -0.507 e. The average Bonchev–Trinajstić information content (AvgIpc) is 2.87. The van der Waals surface area contributed by atoms with Crippen molar-refractivity contribution in [2.45, 2.75) is 62.4 Å². The van der Waals surface area contributed by atoms with Crippen molar-refractivity contribution in [2.24, 2.45) is 5.73 Å². The van der Waals surface area contributed by atoms with Crippen molar-refractivity contribution in [1.29, 1.82) is 0 Å². The molecule has 0 radical (unpaired) electrons. The second-order valence-electron chi connectivity index (χ2n) is 9.88. The second kappa shape index (κ2) is 10.0. The highest BCUT2D eigenvalue weighted by Gasteiger charge is 2.50. The van der Waals surface area contributed by atoms with Crippen LogP contribution in [0.4, 0.5) is 0 Å². The van der Waals surface area contributed by atoms with Gasteiger partial charge >= 0.3 is 5.97 Å². The van der Waals surface area contributed by atoms with Crippen LogP contribution in [-0.2, 0) is 20.7 Å². The van der Waals surface area contributed by atoms with E-state index in [1.54, 1.807) is 6.92 Å². The van der Waals surface area contributed by atoms with Gasteiger partial charge in [-0.25, -0.2) is 4.79 Å². The molecule has 0 bridgehead atoms. The van der Waals surface area contributed by atoms with E-state index in [-0.39, 0.29) is 46.8 Å². The van der Waals surface area contributed by atoms with Gasteiger partial charge in [0, 0.05) is 42.0 Å². The van der Waals surface area contributed by atoms with Crippen LogP contribution in [-0.4, -0.2) is 80.3 Å². The van der Waals surface area contributed by atoms with Crippen LogP contribution in [0.15, 0.2) is 18.2 Å². The van der Waals surface area contributed by atoms with E-state index < -0.39 is 89.2 Å². The molecule has 39 heavy (non-hydrogen) atoms. The first kappa shape index (κ1) is 28.7. The molecule has 0 aromatic heterocycles. The average molecular weight is 566 g/mol. The number of benzene rings is 2. The molecule has 2 aliphatic carbocycles. The summed E-state index contributed by atoms with van der Waals surface area (Å²) in [7, 11) is 1.32. The molecule has 1 fully saturated rings. The van der Waals surface area contributed by atoms with Crippen LogP contribution >= 0.6 is 12.4 Å². The number of carboxylic acids is 1. The van der Waals surface area contributed by atoms with E-state index >= 15 is 0 Å². The molecule has 1 heterocycles. The molecule has 1 aliphatic heterocycles. The van der Waals surface area contributed by atoms with Gasteiger partial charge in [-0.05, 0) is 13.0 Å². The summed E-state index contributed by atoms with van der Waals surface area (Å²) in [6.45, 7) is 1.57. The maximum Gasteiger partial charge on any atom is 0.336 e. The Morgan fingerprint density at radius 1 is 1.13 bits per heavy atom. The molecule has 5 rings (SSSR count). The standard InChI is InChI=1S/C26H27NO11.ClH/c1-9-20(28)12(27)6-15(37-9)38-14-8-26(35,25(33)34)7-11-17(14)24(32)19-18(22(11)30)21(29)10-4-3-5-13(36-2)16(10)23(19)31;/h3-5,9,12,14-15,20,28,30,32,35H,6-8,27H2,1-2H3,(H,33,34);1H/t9?,12?,14-,15?,20?,26-;/m0./s1. The molecule has 3 aliphatic rings. The van der Waals surface area contributed by atoms with Crippen LogP contribution in [0.3, 0.4) is 0 Å². The molecule has 0 saturated carbocycles. The largest absolute Gasteiger partial charge is 0.507 e. The van der Waals surface area contributed by atoms with Crippen LogP contribution in [0.1, 0.15) is 68.8 Å². The van der Waals surface area contributed by atoms with Crippen LogP contribution in [0.2, 0.25) is 0 Å². The fraction of sp³-hybridized carbons (Fsp3) is 0.423. The summed E-state index contributed by atoms with van der Waals surface area (Å²) in [5.74, 6) is -4.52. The van der Waals surface area contributed by atoms with E-state index in [9.17, 15) is 39.9 Å². The monoisotopic (exact) mass is 565 g/mol. The third-order valence-corrected chi connectivity index (χ3v) is 7.54. The van der Waals surface area contributed by atoms with Gasteiger partial charge in [-0.15, -0.1) is 12.4 Å². The van der Waals surface area contributed by atoms with Gasteiger partial charge in [-0.3, -0.25) is 9.59 Å². The first-order valence-electron chi connectivity index (χ1n) is 12.0. The Balaban J connectivity index is 0.00000353. The molecule has 0 amide bonds. The number of aliphatic hydroxyl groups is 2. The number of nitrogens with two attached hydrogens (primary N) is 1. The topological polar surface area (TPSA) is 206 Å². The van der Waals surface area contributed by atoms with Gasteiger partial charge in [-0.1, -0.05) is 12.1 Å². The Hall–Kier alpha value is -3.26. The lowest BCUT2D eigenvalue weighted by Gasteiger charge is -2.41. The van der Waals surface area contributed by atoms with Gasteiger partial charge in [0.1, 0.15) is 17.2 Å². The van der Waals surface area contributed by atoms with Crippen molar-refractivity contribution in [1.82, 2.24) is 0 Å². The van der Waals surface area contributed by atoms with Crippen molar-refractivity contribution in [3.8, 4) is 17.2 Å². The summed E-state index contributed by atoms with van der Waals surface area (Å²) in [4.78, 5) is 39.1. The number of methoxy groups -OCH3 is 1. The summed E-state index contributed by atoms with van der Waals surface area (Å²) in [5, 5.41) is 53.5. The Morgan fingerprint density at radius 3 is 2.41 bits per heavy atom. The lowest BCUT2D eigenvalue weighted by atomic mass is 9.73. The normalized spacial score (nSPS) is 29.5. The van der Waals surface area contributed by atoms with Crippen LogP contribution in [0.25, 0.3) is 0 Å². The first-order valence-corrected chi connectivity index (χ1v) is 12.0. The van der Waals surface area contributed by atoms with Gasteiger partial charge in [-0.2, -0.15) is 0 Å². The predicted molar refractivity (Wildman–Crippen MR) is 135 cm³/mol. The third kappa shape index (κ3) is 4.33. The van der Waals surface area contributed by atoms with Crippen LogP contribution in [0.5, 0.6) is 17.2 Å². The molecular formula is C26H28ClNO11. The van der Waals surface area contributed by atoms with Gasteiger partial charge in [0.25, 0.3) is 0 Å². The Bertz CT molecular complexity index is 1370. The van der Waals surface area contributed by atoms with Crippen molar-refractivity contribution in [3.63, 3.8) is 0 Å². The molecule has 13 heteroatoms. The Morgan fingerprint density at radius 2 is 1.79 bits per heavy atom. The third-order valence-electron chi connectivity index (χ3n) is 7.54. The number of aliphatic hydroxyl groups excluding tert-OH is 1. The number of carbonyl (C=O) groups is 3. The zero-order chi connectivity index (χ0) is 27.7. The molecule has 6 atom stereocenters. The van der Waals surface area contributed by atoms with E-state index in [2.05, 4.69) is 0 Å². The van der Waals surface area contributed by atoms with Crippen molar-refractivity contribution < 1.29 is 54.1 Å². The minimum absolute atomic E-state index is 0. The first-order chi connectivity index (χ1) is 17.9. The maximum absolute atomic E-state index is 13.6. The molecular weight excluding hydrogens is 538 g/mol. The number of ketones is 2. The number of ether oxygens (including phenoxy) is 3. The summed E-state index contributed by atoms with van der Waals surface area (Å²) in [5.41, 5.74) is 1.98. The highest BCUT2D eigenvalue weighted by atomic mass is 35.5. The number of aromatic hydroxyl groups is 2. The molecule has 2 aromatic rings. The quantitative estimate of drug-likeness (QED) is 0.244. The van der Waals surface area contributed by atoms with Crippen molar-refractivity contribution >= 4 is 29.9 Å². The van der Waals surface area contributed by atoms with E-state index in [0.29, 0.717) is 0 Å². The minimum atomic E-state index is -2.44. The number of phenolic OH excluding ortho intramolecular Hbond substituents is 2. The molecule has 1 saturated heterocycles. The predicted octanol–water partition coefficient (Wildman–Crippen LogP) is 0.946. The number of fused-ring (bicyclic) bond motifs is 3. The highest BCUT2D eigenvalue weighted by Crippen LogP contribution is 2.52. The number of hydrogen-bond acceptors (Lipinski definition) is 11. The zero-order valence-corrected chi connectivity index (χ0v) is 21.7. The lowest BCUT2D eigenvalue weighted by molar-refractivity contribution is -0.248. The summed E-state index contributed by atoms with van der Waals surface area (Å²) >= 11 is 0. The molecule has 2 aromatic carbocycles. The maximum atomic E-state index is 13.6. The number of carbonyl (C=O) groups excluding carboxylic acids is 2. The Labute approximate surface area is 228 Å². The SMILES string of the molecule is COc1cccc2c1C(=O)c1c(O)c3c(c(O)c1C2=O)C[C@@](O)(C(=O)O)C[C@@H]3OC1CC(N)C(O)C(C)O1.Cl. The van der Waals surface area contributed by atoms with Gasteiger partial charge in [0.2, 0.25) is 5.78 Å². The summed E-state index contributed by atoms with van der Waals surface area (Å²) in [6.07, 6.45) is -5.42. The van der Waals surface area contributed by atoms with Crippen LogP contribution < -0.4 is 10.5 Å². The second-order valence-corrected chi connectivity index (χ2v) is 9.88. The van der Waals surface area contributed by atoms with Gasteiger partial charge in [0.05, 0.1) is 42.1 Å². The van der Waals surface area contributed by atoms with E-state index in [4.69, 9.17) is 19.9 Å². The van der Waals surface area contributed by atoms with Crippen LogP contribution in [0, 0.1) is 0 Å². The number of aliphatic carboxylic acids is 1. The fourth-order valence-electron chi connectivity index (χ4n) is 5.55. The Kier molecular flexibility index (Phi) is 7.40.